The Hall–Kier alpha value is -1.29. The van der Waals surface area contributed by atoms with Crippen molar-refractivity contribution in [1.82, 2.24) is 0 Å². The molecule has 0 atom stereocenters. The Morgan fingerprint density at radius 1 is 1.58 bits per heavy atom. The van der Waals surface area contributed by atoms with Crippen LogP contribution in [-0.4, -0.2) is 16.2 Å². The third-order valence-corrected chi connectivity index (χ3v) is 1.31. The molecule has 4 nitrogen and oxygen atoms in total. The van der Waals surface area contributed by atoms with E-state index in [1.165, 1.54) is 12.3 Å². The molecule has 12 heavy (non-hydrogen) atoms. The van der Waals surface area contributed by atoms with Gasteiger partial charge in [0.15, 0.2) is 11.9 Å². The van der Waals surface area contributed by atoms with Crippen molar-refractivity contribution in [2.24, 2.45) is 7.05 Å². The van der Waals surface area contributed by atoms with Gasteiger partial charge in [0.05, 0.1) is 0 Å². The van der Waals surface area contributed by atoms with Crippen LogP contribution in [-0.2, 0) is 7.05 Å². The normalized spacial score (nSPS) is 8.75. The van der Waals surface area contributed by atoms with Crippen LogP contribution in [0.4, 0.5) is 0 Å². The van der Waals surface area contributed by atoms with Gasteiger partial charge in [0.1, 0.15) is 12.6 Å². The molecule has 0 amide bonds. The molecule has 1 heterocycles. The predicted molar refractivity (Wildman–Crippen MR) is 36.2 cm³/mol. The van der Waals surface area contributed by atoms with Crippen molar-refractivity contribution >= 4 is 5.97 Å². The van der Waals surface area contributed by atoms with Crippen molar-refractivity contribution in [3.8, 4) is 5.75 Å². The van der Waals surface area contributed by atoms with Crippen molar-refractivity contribution in [1.29, 1.82) is 0 Å². The van der Waals surface area contributed by atoms with Gasteiger partial charge >= 0.3 is 5.97 Å². The summed E-state index contributed by atoms with van der Waals surface area (Å²) in [6.45, 7) is 0. The van der Waals surface area contributed by atoms with Crippen molar-refractivity contribution in [3.63, 3.8) is 0 Å². The molecule has 5 heteroatoms. The van der Waals surface area contributed by atoms with E-state index >= 15 is 0 Å². The van der Waals surface area contributed by atoms with E-state index in [4.69, 9.17) is 10.2 Å². The highest BCUT2D eigenvalue weighted by molar-refractivity contribution is 5.90. The summed E-state index contributed by atoms with van der Waals surface area (Å²) in [6, 6.07) is 1.34. The zero-order valence-corrected chi connectivity index (χ0v) is 7.12. The van der Waals surface area contributed by atoms with E-state index in [-0.39, 0.29) is 23.7 Å². The predicted octanol–water partition coefficient (Wildman–Crippen LogP) is -3.08. The summed E-state index contributed by atoms with van der Waals surface area (Å²) in [5.74, 6) is -1.34. The number of hydrogen-bond acceptors (Lipinski definition) is 2. The minimum atomic E-state index is -1.12. The van der Waals surface area contributed by atoms with Gasteiger partial charge in [0, 0.05) is 6.07 Å². The number of aromatic hydroxyl groups is 1. The molecular formula is C7H8ClNO3. The molecule has 0 radical (unpaired) electrons. The molecule has 0 saturated carbocycles. The molecule has 66 valence electrons. The largest absolute Gasteiger partial charge is 1.00 e. The van der Waals surface area contributed by atoms with Gasteiger partial charge in [-0.2, -0.15) is 0 Å². The van der Waals surface area contributed by atoms with E-state index in [2.05, 4.69) is 0 Å². The number of aromatic nitrogens is 1. The first-order valence-corrected chi connectivity index (χ1v) is 3.03. The van der Waals surface area contributed by atoms with Crippen molar-refractivity contribution in [2.45, 2.75) is 0 Å². The van der Waals surface area contributed by atoms with Gasteiger partial charge in [-0.1, -0.05) is 0 Å². The smallest absolute Gasteiger partial charge is 0.339 e. The molecular weight excluding hydrogens is 182 g/mol. The summed E-state index contributed by atoms with van der Waals surface area (Å²) < 4.78 is 1.57. The summed E-state index contributed by atoms with van der Waals surface area (Å²) in [5.41, 5.74) is -0.0805. The zero-order valence-electron chi connectivity index (χ0n) is 6.36. The van der Waals surface area contributed by atoms with Gasteiger partial charge in [-0.3, -0.25) is 0 Å². The molecule has 0 aliphatic rings. The number of carbonyl (C=O) groups is 1. The minimum absolute atomic E-state index is 0. The monoisotopic (exact) mass is 189 g/mol. The van der Waals surface area contributed by atoms with Gasteiger partial charge in [0.25, 0.3) is 0 Å². The number of hydrogen-bond donors (Lipinski definition) is 2. The Labute approximate surface area is 75.5 Å². The fourth-order valence-electron chi connectivity index (χ4n) is 0.764. The van der Waals surface area contributed by atoms with Crippen molar-refractivity contribution in [3.05, 3.63) is 24.0 Å². The van der Waals surface area contributed by atoms with Crippen LogP contribution >= 0.6 is 0 Å². The highest BCUT2D eigenvalue weighted by Gasteiger charge is 2.11. The number of nitrogens with zero attached hydrogens (tertiary/aromatic N) is 1. The third kappa shape index (κ3) is 2.10. The average Bonchev–Trinajstić information content (AvgIpc) is 1.85. The van der Waals surface area contributed by atoms with Crippen LogP contribution in [0.2, 0.25) is 0 Å². The molecule has 1 aromatic rings. The quantitative estimate of drug-likeness (QED) is 0.461. The molecule has 0 fully saturated rings. The van der Waals surface area contributed by atoms with Crippen LogP contribution < -0.4 is 17.0 Å². The maximum atomic E-state index is 10.4. The Morgan fingerprint density at radius 3 is 2.58 bits per heavy atom. The number of carboxylic acid groups (broad SMARTS) is 1. The standard InChI is InChI=1S/C7H7NO3.ClH/c1-8-3-2-5(7(10)11)6(9)4-8;/h2-4H,1H3,(H-,9,10,11);1H. The zero-order chi connectivity index (χ0) is 8.43. The third-order valence-electron chi connectivity index (χ3n) is 1.31. The van der Waals surface area contributed by atoms with E-state index in [0.717, 1.165) is 0 Å². The van der Waals surface area contributed by atoms with Crippen LogP contribution in [0.1, 0.15) is 10.4 Å². The van der Waals surface area contributed by atoms with Gasteiger partial charge in [-0.05, 0) is 0 Å². The van der Waals surface area contributed by atoms with Crippen LogP contribution in [0.25, 0.3) is 0 Å². The lowest BCUT2D eigenvalue weighted by Gasteiger charge is -1.94. The number of aromatic carboxylic acids is 1. The van der Waals surface area contributed by atoms with E-state index in [9.17, 15) is 4.79 Å². The van der Waals surface area contributed by atoms with E-state index in [0.29, 0.717) is 0 Å². The van der Waals surface area contributed by atoms with Crippen LogP contribution in [0.5, 0.6) is 5.75 Å². The minimum Gasteiger partial charge on any atom is -1.00 e. The van der Waals surface area contributed by atoms with Gasteiger partial charge in [-0.15, -0.1) is 0 Å². The summed E-state index contributed by atoms with van der Waals surface area (Å²) >= 11 is 0. The Kier molecular flexibility index (Phi) is 3.50. The molecule has 0 bridgehead atoms. The number of carboxylic acids is 1. The second-order valence-corrected chi connectivity index (χ2v) is 2.21. The molecule has 0 aliphatic heterocycles. The van der Waals surface area contributed by atoms with Crippen molar-refractivity contribution < 1.29 is 32.0 Å². The van der Waals surface area contributed by atoms with E-state index < -0.39 is 5.97 Å². The van der Waals surface area contributed by atoms with E-state index in [1.54, 1.807) is 17.8 Å². The topological polar surface area (TPSA) is 61.4 Å². The molecule has 1 aromatic heterocycles. The lowest BCUT2D eigenvalue weighted by molar-refractivity contribution is -0.671. The Balaban J connectivity index is 0.00000121. The fourth-order valence-corrected chi connectivity index (χ4v) is 0.764. The summed E-state index contributed by atoms with van der Waals surface area (Å²) in [4.78, 5) is 10.4. The second kappa shape index (κ2) is 3.92. The van der Waals surface area contributed by atoms with Gasteiger partial charge in [-0.25, -0.2) is 9.36 Å². The van der Waals surface area contributed by atoms with Crippen molar-refractivity contribution in [2.75, 3.05) is 0 Å². The van der Waals surface area contributed by atoms with Crippen LogP contribution in [0.3, 0.4) is 0 Å². The summed E-state index contributed by atoms with van der Waals surface area (Å²) in [6.07, 6.45) is 2.90. The Morgan fingerprint density at radius 2 is 2.17 bits per heavy atom. The first-order valence-electron chi connectivity index (χ1n) is 3.03. The second-order valence-electron chi connectivity index (χ2n) is 2.21. The maximum Gasteiger partial charge on any atom is 0.339 e. The fraction of sp³-hybridized carbons (Fsp3) is 0.143. The highest BCUT2D eigenvalue weighted by Crippen LogP contribution is 2.11. The molecule has 0 saturated heterocycles. The first kappa shape index (κ1) is 10.7. The van der Waals surface area contributed by atoms with Crippen LogP contribution in [0.15, 0.2) is 18.5 Å². The summed E-state index contributed by atoms with van der Waals surface area (Å²) in [7, 11) is 1.70. The number of halogens is 1. The Bertz CT molecular complexity index is 301. The lowest BCUT2D eigenvalue weighted by atomic mass is 10.2. The maximum absolute atomic E-state index is 10.4. The first-order chi connectivity index (χ1) is 5.11. The van der Waals surface area contributed by atoms with Gasteiger partial charge in [0.2, 0.25) is 6.20 Å². The number of rotatable bonds is 1. The summed E-state index contributed by atoms with van der Waals surface area (Å²) in [5, 5.41) is 17.5. The SMILES string of the molecule is C[n+]1ccc(C(=O)O)c(O)c1.[Cl-]. The molecule has 1 rings (SSSR count). The van der Waals surface area contributed by atoms with Crippen LogP contribution in [0, 0.1) is 0 Å². The number of pyridine rings is 1. The molecule has 0 spiro atoms. The average molecular weight is 190 g/mol. The highest BCUT2D eigenvalue weighted by atomic mass is 35.5. The molecule has 0 unspecified atom stereocenters. The molecule has 0 aromatic carbocycles. The van der Waals surface area contributed by atoms with E-state index in [1.807, 2.05) is 0 Å². The molecule has 0 aliphatic carbocycles. The lowest BCUT2D eigenvalue weighted by Crippen LogP contribution is -3.00. The van der Waals surface area contributed by atoms with Gasteiger partial charge < -0.3 is 22.6 Å². The number of aryl methyl sites for hydroxylation is 1. The molecule has 2 N–H and O–H groups in total.